The average molecular weight is 341 g/mol. The Morgan fingerprint density at radius 1 is 1.33 bits per heavy atom. The number of aromatic amines is 1. The van der Waals surface area contributed by atoms with Crippen LogP contribution >= 0.6 is 0 Å². The van der Waals surface area contributed by atoms with E-state index in [9.17, 15) is 22.4 Å². The zero-order chi connectivity index (χ0) is 17.5. The lowest BCUT2D eigenvalue weighted by Crippen LogP contribution is -2.35. The van der Waals surface area contributed by atoms with Crippen molar-refractivity contribution in [1.29, 1.82) is 0 Å². The molecule has 3 rings (SSSR count). The molecule has 4 nitrogen and oxygen atoms in total. The van der Waals surface area contributed by atoms with E-state index in [4.69, 9.17) is 0 Å². The van der Waals surface area contributed by atoms with Crippen molar-refractivity contribution in [2.45, 2.75) is 32.6 Å². The Morgan fingerprint density at radius 2 is 2.08 bits per heavy atom. The quantitative estimate of drug-likeness (QED) is 0.855. The van der Waals surface area contributed by atoms with Gasteiger partial charge in [0.2, 0.25) is 0 Å². The molecule has 0 atom stereocenters. The number of fused-ring (bicyclic) bond motifs is 1. The molecular weight excluding hydrogens is 326 g/mol. The summed E-state index contributed by atoms with van der Waals surface area (Å²) in [4.78, 5) is 20.5. The van der Waals surface area contributed by atoms with E-state index in [0.717, 1.165) is 6.07 Å². The monoisotopic (exact) mass is 341 g/mol. The van der Waals surface area contributed by atoms with Gasteiger partial charge < -0.3 is 4.98 Å². The summed E-state index contributed by atoms with van der Waals surface area (Å²) in [6.45, 7) is 2.45. The van der Waals surface area contributed by atoms with Crippen LogP contribution in [0.2, 0.25) is 0 Å². The van der Waals surface area contributed by atoms with Crippen molar-refractivity contribution >= 4 is 0 Å². The third kappa shape index (κ3) is 3.19. The van der Waals surface area contributed by atoms with Crippen LogP contribution in [0.5, 0.6) is 0 Å². The van der Waals surface area contributed by atoms with E-state index < -0.39 is 17.6 Å². The maximum absolute atomic E-state index is 14.1. The number of hydrogen-bond donors (Lipinski definition) is 1. The van der Waals surface area contributed by atoms with Gasteiger partial charge in [0.25, 0.3) is 5.56 Å². The van der Waals surface area contributed by atoms with Gasteiger partial charge in [0.1, 0.15) is 11.6 Å². The molecule has 2 heterocycles. The van der Waals surface area contributed by atoms with E-state index in [1.54, 1.807) is 11.8 Å². The predicted octanol–water partition coefficient (Wildman–Crippen LogP) is 2.79. The Morgan fingerprint density at radius 3 is 2.79 bits per heavy atom. The van der Waals surface area contributed by atoms with Gasteiger partial charge in [0, 0.05) is 30.8 Å². The largest absolute Gasteiger partial charge is 0.419 e. The highest BCUT2D eigenvalue weighted by Gasteiger charge is 2.35. The van der Waals surface area contributed by atoms with Crippen molar-refractivity contribution in [2.75, 3.05) is 6.54 Å². The summed E-state index contributed by atoms with van der Waals surface area (Å²) in [6.07, 6.45) is -4.29. The van der Waals surface area contributed by atoms with Crippen LogP contribution in [0.4, 0.5) is 17.6 Å². The number of nitrogens with zero attached hydrogens (tertiary/aromatic N) is 2. The van der Waals surface area contributed by atoms with E-state index in [-0.39, 0.29) is 17.7 Å². The van der Waals surface area contributed by atoms with E-state index >= 15 is 0 Å². The molecule has 1 aromatic heterocycles. The van der Waals surface area contributed by atoms with Crippen molar-refractivity contribution in [3.05, 3.63) is 62.6 Å². The molecule has 0 fully saturated rings. The average Bonchev–Trinajstić information content (AvgIpc) is 2.47. The fourth-order valence-corrected chi connectivity index (χ4v) is 2.91. The minimum absolute atomic E-state index is 0.0187. The maximum atomic E-state index is 14.1. The summed E-state index contributed by atoms with van der Waals surface area (Å²) in [6, 6.07) is 3.28. The van der Waals surface area contributed by atoms with Crippen molar-refractivity contribution in [3.8, 4) is 0 Å². The first-order valence-electron chi connectivity index (χ1n) is 7.41. The van der Waals surface area contributed by atoms with Gasteiger partial charge in [-0.15, -0.1) is 0 Å². The summed E-state index contributed by atoms with van der Waals surface area (Å²) in [7, 11) is 0. The molecule has 0 saturated heterocycles. The second-order valence-corrected chi connectivity index (χ2v) is 5.81. The van der Waals surface area contributed by atoms with Crippen molar-refractivity contribution in [1.82, 2.24) is 14.9 Å². The van der Waals surface area contributed by atoms with Gasteiger partial charge in [-0.2, -0.15) is 13.2 Å². The number of alkyl halides is 3. The molecule has 8 heteroatoms. The third-order valence-corrected chi connectivity index (χ3v) is 4.05. The Hall–Kier alpha value is -2.22. The van der Waals surface area contributed by atoms with Gasteiger partial charge in [0.05, 0.1) is 11.3 Å². The van der Waals surface area contributed by atoms with Crippen LogP contribution in [-0.2, 0) is 25.7 Å². The molecule has 128 valence electrons. The van der Waals surface area contributed by atoms with Gasteiger partial charge in [-0.3, -0.25) is 9.69 Å². The zero-order valence-corrected chi connectivity index (χ0v) is 12.9. The minimum atomic E-state index is -4.72. The van der Waals surface area contributed by atoms with Gasteiger partial charge in [-0.05, 0) is 19.4 Å². The van der Waals surface area contributed by atoms with Crippen molar-refractivity contribution in [2.24, 2.45) is 0 Å². The molecule has 0 saturated carbocycles. The lowest BCUT2D eigenvalue weighted by molar-refractivity contribution is -0.140. The Labute approximate surface area is 135 Å². The highest BCUT2D eigenvalue weighted by molar-refractivity contribution is 5.29. The van der Waals surface area contributed by atoms with Crippen LogP contribution in [0.15, 0.2) is 23.0 Å². The van der Waals surface area contributed by atoms with Crippen LogP contribution in [-0.4, -0.2) is 21.4 Å². The summed E-state index contributed by atoms with van der Waals surface area (Å²) >= 11 is 0. The molecule has 0 radical (unpaired) electrons. The first kappa shape index (κ1) is 16.6. The number of rotatable bonds is 2. The molecule has 1 N–H and O–H groups in total. The number of aryl methyl sites for hydroxylation is 1. The number of hydrogen-bond acceptors (Lipinski definition) is 3. The number of aromatic nitrogens is 2. The van der Waals surface area contributed by atoms with Gasteiger partial charge in [0.15, 0.2) is 0 Å². The number of nitrogens with one attached hydrogen (secondary N) is 1. The lowest BCUT2D eigenvalue weighted by atomic mass is 10.0. The molecule has 1 aliphatic rings. The smallest absolute Gasteiger partial charge is 0.311 e. The van der Waals surface area contributed by atoms with Crippen molar-refractivity contribution < 1.29 is 17.6 Å². The second-order valence-electron chi connectivity index (χ2n) is 5.81. The van der Waals surface area contributed by atoms with Crippen LogP contribution < -0.4 is 5.56 Å². The molecule has 0 unspecified atom stereocenters. The molecule has 0 amide bonds. The molecule has 1 aromatic carbocycles. The molecular formula is C16H15F4N3O. The minimum Gasteiger partial charge on any atom is -0.311 e. The summed E-state index contributed by atoms with van der Waals surface area (Å²) in [5.41, 5.74) is -0.295. The topological polar surface area (TPSA) is 49.0 Å². The van der Waals surface area contributed by atoms with E-state index in [1.807, 2.05) is 0 Å². The van der Waals surface area contributed by atoms with E-state index in [0.29, 0.717) is 36.6 Å². The summed E-state index contributed by atoms with van der Waals surface area (Å²) in [5.74, 6) is -0.767. The van der Waals surface area contributed by atoms with Gasteiger partial charge >= 0.3 is 6.18 Å². The Kier molecular flexibility index (Phi) is 4.16. The van der Waals surface area contributed by atoms with E-state index in [1.165, 1.54) is 12.1 Å². The fraction of sp³-hybridized carbons (Fsp3) is 0.375. The lowest BCUT2D eigenvalue weighted by Gasteiger charge is -2.28. The zero-order valence-electron chi connectivity index (χ0n) is 12.9. The molecule has 0 aliphatic carbocycles. The number of H-pyrrole nitrogens is 1. The highest BCUT2D eigenvalue weighted by atomic mass is 19.4. The molecule has 1 aliphatic heterocycles. The van der Waals surface area contributed by atoms with Crippen LogP contribution in [0.1, 0.15) is 28.2 Å². The predicted molar refractivity (Wildman–Crippen MR) is 78.8 cm³/mol. The first-order chi connectivity index (χ1) is 11.3. The third-order valence-electron chi connectivity index (χ3n) is 4.05. The fourth-order valence-electron chi connectivity index (χ4n) is 2.91. The first-order valence-corrected chi connectivity index (χ1v) is 7.41. The highest BCUT2D eigenvalue weighted by Crippen LogP contribution is 2.32. The molecule has 24 heavy (non-hydrogen) atoms. The Balaban J connectivity index is 1.85. The Bertz CT molecular complexity index is 829. The number of benzene rings is 1. The standard InChI is InChI=1S/C16H15F4N3O/c1-9-21-13-8-23(6-5-11(13)15(24)22-9)7-10-3-2-4-12(14(10)17)16(18,19)20/h2-4H,5-8H2,1H3,(H,21,22,24). The van der Waals surface area contributed by atoms with Gasteiger partial charge in [-0.25, -0.2) is 9.37 Å². The SMILES string of the molecule is Cc1nc2c(c(=O)[nH]1)CCN(Cc1cccc(C(F)(F)F)c1F)C2. The normalized spacial score (nSPS) is 15.4. The van der Waals surface area contributed by atoms with Crippen LogP contribution in [0, 0.1) is 12.7 Å². The van der Waals surface area contributed by atoms with Crippen LogP contribution in [0.3, 0.4) is 0 Å². The van der Waals surface area contributed by atoms with Crippen LogP contribution in [0.25, 0.3) is 0 Å². The molecule has 0 bridgehead atoms. The molecule has 0 spiro atoms. The maximum Gasteiger partial charge on any atom is 0.419 e. The number of halogens is 4. The summed E-state index contributed by atoms with van der Waals surface area (Å²) < 4.78 is 52.5. The summed E-state index contributed by atoms with van der Waals surface area (Å²) in [5, 5.41) is 0. The van der Waals surface area contributed by atoms with Crippen molar-refractivity contribution in [3.63, 3.8) is 0 Å². The van der Waals surface area contributed by atoms with Gasteiger partial charge in [-0.1, -0.05) is 12.1 Å². The molecule has 2 aromatic rings. The second kappa shape index (κ2) is 6.01. The van der Waals surface area contributed by atoms with E-state index in [2.05, 4.69) is 9.97 Å².